The maximum absolute atomic E-state index is 11.2. The molecule has 0 saturated carbocycles. The lowest BCUT2D eigenvalue weighted by atomic mass is 10.2. The fourth-order valence-electron chi connectivity index (χ4n) is 1.62. The summed E-state index contributed by atoms with van der Waals surface area (Å²) < 4.78 is 6.32. The van der Waals surface area contributed by atoms with Crippen molar-refractivity contribution in [1.82, 2.24) is 25.1 Å². The minimum Gasteiger partial charge on any atom is -0.476 e. The number of hydrogen-bond acceptors (Lipinski definition) is 7. The smallest absolute Gasteiger partial charge is 0.358 e. The Labute approximate surface area is 110 Å². The van der Waals surface area contributed by atoms with Gasteiger partial charge in [0.2, 0.25) is 5.89 Å². The molecule has 0 aliphatic carbocycles. The number of carboxylic acid groups (broad SMARTS) is 1. The van der Waals surface area contributed by atoms with Gasteiger partial charge in [0, 0.05) is 0 Å². The molecule has 0 unspecified atom stereocenters. The van der Waals surface area contributed by atoms with Crippen LogP contribution in [0.5, 0.6) is 0 Å². The van der Waals surface area contributed by atoms with Gasteiger partial charge in [-0.05, 0) is 11.4 Å². The van der Waals surface area contributed by atoms with Gasteiger partial charge in [0.25, 0.3) is 0 Å². The molecular formula is C10H7N5O3S. The molecule has 0 atom stereocenters. The molecule has 0 radical (unpaired) electrons. The van der Waals surface area contributed by atoms with Crippen LogP contribution in [0.1, 0.15) is 16.4 Å². The van der Waals surface area contributed by atoms with E-state index < -0.39 is 5.97 Å². The van der Waals surface area contributed by atoms with Crippen LogP contribution in [0.2, 0.25) is 0 Å². The summed E-state index contributed by atoms with van der Waals surface area (Å²) in [5.74, 6) is -0.792. The number of rotatable bonds is 4. The quantitative estimate of drug-likeness (QED) is 0.761. The van der Waals surface area contributed by atoms with E-state index >= 15 is 0 Å². The molecule has 3 heterocycles. The van der Waals surface area contributed by atoms with Crippen LogP contribution in [0.4, 0.5) is 0 Å². The van der Waals surface area contributed by atoms with E-state index in [1.165, 1.54) is 22.3 Å². The summed E-state index contributed by atoms with van der Waals surface area (Å²) in [5.41, 5.74) is 0.336. The van der Waals surface area contributed by atoms with E-state index in [0.29, 0.717) is 11.6 Å². The second-order valence-corrected chi connectivity index (χ2v) is 4.51. The highest BCUT2D eigenvalue weighted by Gasteiger charge is 2.22. The minimum absolute atomic E-state index is 0.0954. The van der Waals surface area contributed by atoms with E-state index in [4.69, 9.17) is 9.63 Å². The first-order chi connectivity index (χ1) is 9.25. The molecule has 0 aromatic carbocycles. The van der Waals surface area contributed by atoms with Crippen LogP contribution in [0.25, 0.3) is 10.6 Å². The van der Waals surface area contributed by atoms with Gasteiger partial charge in [-0.2, -0.15) is 4.98 Å². The molecule has 1 N–H and O–H groups in total. The van der Waals surface area contributed by atoms with Crippen LogP contribution in [-0.2, 0) is 6.54 Å². The molecule has 0 bridgehead atoms. The highest BCUT2D eigenvalue weighted by Crippen LogP contribution is 2.27. The average molecular weight is 277 g/mol. The van der Waals surface area contributed by atoms with E-state index in [0.717, 1.165) is 4.88 Å². The van der Waals surface area contributed by atoms with E-state index in [1.807, 2.05) is 11.4 Å². The zero-order valence-corrected chi connectivity index (χ0v) is 10.2. The summed E-state index contributed by atoms with van der Waals surface area (Å²) in [6, 6.07) is 3.63. The van der Waals surface area contributed by atoms with Gasteiger partial charge in [-0.1, -0.05) is 16.4 Å². The Hall–Kier alpha value is -2.55. The molecule has 3 aromatic heterocycles. The number of thiophene rings is 1. The van der Waals surface area contributed by atoms with Crippen molar-refractivity contribution in [3.8, 4) is 10.6 Å². The average Bonchev–Trinajstić information content (AvgIpc) is 3.09. The van der Waals surface area contributed by atoms with Gasteiger partial charge in [0.15, 0.2) is 12.0 Å². The molecule has 3 rings (SSSR count). The predicted octanol–water partition coefficient (Wildman–Crippen LogP) is 1.14. The van der Waals surface area contributed by atoms with Gasteiger partial charge in [0.1, 0.15) is 12.2 Å². The molecule has 9 heteroatoms. The SMILES string of the molecule is O=C(O)c1nnn(Cc2ncno2)c1-c1cccs1. The van der Waals surface area contributed by atoms with Gasteiger partial charge in [-0.3, -0.25) is 0 Å². The molecule has 0 aliphatic rings. The highest BCUT2D eigenvalue weighted by atomic mass is 32.1. The maximum atomic E-state index is 11.2. The van der Waals surface area contributed by atoms with Gasteiger partial charge in [-0.25, -0.2) is 9.48 Å². The van der Waals surface area contributed by atoms with E-state index in [1.54, 1.807) is 6.07 Å². The third-order valence-electron chi connectivity index (χ3n) is 2.38. The van der Waals surface area contributed by atoms with E-state index in [-0.39, 0.29) is 12.2 Å². The molecule has 96 valence electrons. The lowest BCUT2D eigenvalue weighted by Gasteiger charge is -2.02. The number of carbonyl (C=O) groups is 1. The van der Waals surface area contributed by atoms with Gasteiger partial charge in [-0.15, -0.1) is 16.4 Å². The van der Waals surface area contributed by atoms with Crippen molar-refractivity contribution in [3.05, 3.63) is 35.4 Å². The Morgan fingerprint density at radius 3 is 3.05 bits per heavy atom. The normalized spacial score (nSPS) is 10.7. The van der Waals surface area contributed by atoms with Gasteiger partial charge < -0.3 is 9.63 Å². The standard InChI is InChI=1S/C10H7N5O3S/c16-10(17)8-9(6-2-1-3-19-6)15(14-13-8)4-7-11-5-12-18-7/h1-3,5H,4H2,(H,16,17). The number of aromatic nitrogens is 5. The zero-order valence-electron chi connectivity index (χ0n) is 9.42. The second-order valence-electron chi connectivity index (χ2n) is 3.56. The fraction of sp³-hybridized carbons (Fsp3) is 0.100. The maximum Gasteiger partial charge on any atom is 0.358 e. The van der Waals surface area contributed by atoms with Crippen LogP contribution in [0.15, 0.2) is 28.4 Å². The molecule has 8 nitrogen and oxygen atoms in total. The molecule has 0 amide bonds. The minimum atomic E-state index is -1.12. The Balaban J connectivity index is 2.07. The lowest BCUT2D eigenvalue weighted by Crippen LogP contribution is -2.05. The van der Waals surface area contributed by atoms with E-state index in [2.05, 4.69) is 20.5 Å². The number of carboxylic acids is 1. The summed E-state index contributed by atoms with van der Waals surface area (Å²) in [7, 11) is 0. The first-order valence-electron chi connectivity index (χ1n) is 5.22. The third-order valence-corrected chi connectivity index (χ3v) is 3.26. The Morgan fingerprint density at radius 2 is 2.42 bits per heavy atom. The molecule has 0 spiro atoms. The lowest BCUT2D eigenvalue weighted by molar-refractivity contribution is 0.0691. The molecule has 19 heavy (non-hydrogen) atoms. The van der Waals surface area contributed by atoms with Crippen molar-refractivity contribution >= 4 is 17.3 Å². The molecular weight excluding hydrogens is 270 g/mol. The Kier molecular flexibility index (Phi) is 2.80. The van der Waals surface area contributed by atoms with Crippen LogP contribution in [-0.4, -0.2) is 36.2 Å². The van der Waals surface area contributed by atoms with Gasteiger partial charge in [0.05, 0.1) is 4.88 Å². The number of nitrogens with zero attached hydrogens (tertiary/aromatic N) is 5. The first kappa shape index (κ1) is 11.5. The van der Waals surface area contributed by atoms with Crippen molar-refractivity contribution < 1.29 is 14.4 Å². The summed E-state index contributed by atoms with van der Waals surface area (Å²) in [4.78, 5) is 15.8. The Bertz CT molecular complexity index is 689. The summed E-state index contributed by atoms with van der Waals surface area (Å²) in [6.07, 6.45) is 1.27. The Morgan fingerprint density at radius 1 is 1.53 bits per heavy atom. The monoisotopic (exact) mass is 277 g/mol. The van der Waals surface area contributed by atoms with Crippen LogP contribution in [0, 0.1) is 0 Å². The van der Waals surface area contributed by atoms with E-state index in [9.17, 15) is 4.79 Å². The van der Waals surface area contributed by atoms with Crippen LogP contribution >= 0.6 is 11.3 Å². The summed E-state index contributed by atoms with van der Waals surface area (Å²) in [6.45, 7) is 0.174. The number of aromatic carboxylic acids is 1. The molecule has 3 aromatic rings. The first-order valence-corrected chi connectivity index (χ1v) is 6.10. The van der Waals surface area contributed by atoms with Crippen molar-refractivity contribution in [3.63, 3.8) is 0 Å². The summed E-state index contributed by atoms with van der Waals surface area (Å²) in [5, 5.41) is 22.0. The summed E-state index contributed by atoms with van der Waals surface area (Å²) >= 11 is 1.41. The largest absolute Gasteiger partial charge is 0.476 e. The predicted molar refractivity (Wildman–Crippen MR) is 63.7 cm³/mol. The van der Waals surface area contributed by atoms with Crippen molar-refractivity contribution in [2.75, 3.05) is 0 Å². The third kappa shape index (κ3) is 2.10. The van der Waals surface area contributed by atoms with Crippen LogP contribution < -0.4 is 0 Å². The fourth-order valence-corrected chi connectivity index (χ4v) is 2.39. The van der Waals surface area contributed by atoms with Crippen molar-refractivity contribution in [1.29, 1.82) is 0 Å². The molecule has 0 fully saturated rings. The number of hydrogen-bond donors (Lipinski definition) is 1. The molecule has 0 saturated heterocycles. The highest BCUT2D eigenvalue weighted by molar-refractivity contribution is 7.13. The van der Waals surface area contributed by atoms with Crippen LogP contribution in [0.3, 0.4) is 0 Å². The van der Waals surface area contributed by atoms with Crippen molar-refractivity contribution in [2.24, 2.45) is 0 Å². The molecule has 0 aliphatic heterocycles. The zero-order chi connectivity index (χ0) is 13.2. The second kappa shape index (κ2) is 4.61. The topological polar surface area (TPSA) is 107 Å². The van der Waals surface area contributed by atoms with Gasteiger partial charge >= 0.3 is 5.97 Å². The van der Waals surface area contributed by atoms with Crippen molar-refractivity contribution in [2.45, 2.75) is 6.54 Å².